The van der Waals surface area contributed by atoms with Crippen LogP contribution in [0.25, 0.3) is 10.9 Å². The fourth-order valence-corrected chi connectivity index (χ4v) is 5.42. The third-order valence-electron chi connectivity index (χ3n) is 7.36. The number of benzene rings is 2. The molecule has 1 fully saturated rings. The second-order valence-corrected chi connectivity index (χ2v) is 10.1. The average molecular weight is 517 g/mol. The van der Waals surface area contributed by atoms with Crippen molar-refractivity contribution in [1.29, 1.82) is 0 Å². The summed E-state index contributed by atoms with van der Waals surface area (Å²) in [6, 6.07) is 13.9. The first-order valence-corrected chi connectivity index (χ1v) is 13.2. The van der Waals surface area contributed by atoms with Gasteiger partial charge in [0.2, 0.25) is 6.79 Å². The van der Waals surface area contributed by atoms with Crippen LogP contribution in [0.1, 0.15) is 54.7 Å². The molecule has 0 saturated carbocycles. The summed E-state index contributed by atoms with van der Waals surface area (Å²) >= 11 is 0. The Hall–Kier alpha value is -3.76. The summed E-state index contributed by atoms with van der Waals surface area (Å²) in [7, 11) is 0. The minimum absolute atomic E-state index is 0.0918. The molecule has 2 aromatic carbocycles. The van der Waals surface area contributed by atoms with E-state index < -0.39 is 0 Å². The second kappa shape index (κ2) is 10.5. The lowest BCUT2D eigenvalue weighted by Gasteiger charge is -2.30. The van der Waals surface area contributed by atoms with Crippen molar-refractivity contribution in [2.24, 2.45) is 0 Å². The van der Waals surface area contributed by atoms with E-state index in [-0.39, 0.29) is 24.5 Å². The van der Waals surface area contributed by atoms with Crippen LogP contribution in [-0.4, -0.2) is 49.6 Å². The molecule has 2 aliphatic heterocycles. The Morgan fingerprint density at radius 3 is 2.87 bits per heavy atom. The number of aryl methyl sites for hydroxylation is 1. The van der Waals surface area contributed by atoms with Gasteiger partial charge in [-0.15, -0.1) is 5.10 Å². The Balaban J connectivity index is 1.36. The lowest BCUT2D eigenvalue weighted by molar-refractivity contribution is 0.0888. The molecular weight excluding hydrogens is 484 g/mol. The summed E-state index contributed by atoms with van der Waals surface area (Å²) in [5.41, 5.74) is 3.64. The zero-order valence-corrected chi connectivity index (χ0v) is 21.7. The molecule has 10 nitrogen and oxygen atoms in total. The maximum atomic E-state index is 13.2. The fraction of sp³-hybridized carbons (Fsp3) is 0.429. The quantitative estimate of drug-likeness (QED) is 0.357. The van der Waals surface area contributed by atoms with Crippen LogP contribution >= 0.6 is 0 Å². The van der Waals surface area contributed by atoms with Crippen molar-refractivity contribution in [2.45, 2.75) is 64.9 Å². The van der Waals surface area contributed by atoms with Crippen molar-refractivity contribution in [2.75, 3.05) is 13.4 Å². The maximum absolute atomic E-state index is 13.2. The van der Waals surface area contributed by atoms with Crippen molar-refractivity contribution < 1.29 is 14.2 Å². The summed E-state index contributed by atoms with van der Waals surface area (Å²) in [6.45, 7) is 6.80. The maximum Gasteiger partial charge on any atom is 0.252 e. The van der Waals surface area contributed by atoms with Crippen molar-refractivity contribution in [3.63, 3.8) is 0 Å². The second-order valence-electron chi connectivity index (χ2n) is 10.1. The minimum atomic E-state index is -0.121. The SMILES string of the molecule is CC[C@H](c1nnnn1C[C@H]1CCCO1)N(Cc1ccc2c(c1)OCO2)Cc1cc2cc(C)ccc2[nH]c1=O. The van der Waals surface area contributed by atoms with Gasteiger partial charge in [0.1, 0.15) is 0 Å². The molecular formula is C28H32N6O4. The molecule has 4 aromatic rings. The molecule has 38 heavy (non-hydrogen) atoms. The van der Waals surface area contributed by atoms with Gasteiger partial charge < -0.3 is 19.2 Å². The number of hydrogen-bond donors (Lipinski definition) is 1. The van der Waals surface area contributed by atoms with E-state index in [1.165, 1.54) is 0 Å². The number of aromatic amines is 1. The number of rotatable bonds is 9. The third kappa shape index (κ3) is 5.01. The van der Waals surface area contributed by atoms with Crippen LogP contribution in [0.4, 0.5) is 0 Å². The highest BCUT2D eigenvalue weighted by molar-refractivity contribution is 5.79. The summed E-state index contributed by atoms with van der Waals surface area (Å²) in [5, 5.41) is 13.8. The molecule has 0 amide bonds. The summed E-state index contributed by atoms with van der Waals surface area (Å²) in [4.78, 5) is 18.5. The highest BCUT2D eigenvalue weighted by atomic mass is 16.7. The monoisotopic (exact) mass is 516 g/mol. The molecule has 0 aliphatic carbocycles. The summed E-state index contributed by atoms with van der Waals surface area (Å²) < 4.78 is 18.8. The third-order valence-corrected chi connectivity index (χ3v) is 7.36. The van der Waals surface area contributed by atoms with E-state index >= 15 is 0 Å². The predicted octanol–water partition coefficient (Wildman–Crippen LogP) is 3.88. The zero-order valence-electron chi connectivity index (χ0n) is 21.7. The molecule has 0 unspecified atom stereocenters. The van der Waals surface area contributed by atoms with Gasteiger partial charge in [-0.2, -0.15) is 0 Å². The fourth-order valence-electron chi connectivity index (χ4n) is 5.42. The van der Waals surface area contributed by atoms with Gasteiger partial charge in [-0.1, -0.05) is 24.6 Å². The van der Waals surface area contributed by atoms with Crippen LogP contribution in [-0.2, 0) is 24.4 Å². The van der Waals surface area contributed by atoms with Gasteiger partial charge in [-0.25, -0.2) is 4.68 Å². The number of ether oxygens (including phenoxy) is 3. The van der Waals surface area contributed by atoms with E-state index in [1.807, 2.05) is 41.1 Å². The molecule has 10 heteroatoms. The summed E-state index contributed by atoms with van der Waals surface area (Å²) in [5.74, 6) is 2.25. The van der Waals surface area contributed by atoms with E-state index in [1.54, 1.807) is 0 Å². The van der Waals surface area contributed by atoms with Crippen LogP contribution in [0.2, 0.25) is 0 Å². The molecule has 2 aromatic heterocycles. The molecule has 1 N–H and O–H groups in total. The highest BCUT2D eigenvalue weighted by Gasteiger charge is 2.28. The van der Waals surface area contributed by atoms with E-state index in [4.69, 9.17) is 14.2 Å². The lowest BCUT2D eigenvalue weighted by Crippen LogP contribution is -2.33. The van der Waals surface area contributed by atoms with Gasteiger partial charge in [0, 0.05) is 30.8 Å². The number of aromatic nitrogens is 5. The number of nitrogens with one attached hydrogen (secondary N) is 1. The van der Waals surface area contributed by atoms with Crippen LogP contribution in [0, 0.1) is 6.92 Å². The first-order valence-electron chi connectivity index (χ1n) is 13.2. The molecule has 0 radical (unpaired) electrons. The van der Waals surface area contributed by atoms with E-state index in [0.717, 1.165) is 65.2 Å². The Morgan fingerprint density at radius 2 is 2.03 bits per heavy atom. The number of H-pyrrole nitrogens is 1. The van der Waals surface area contributed by atoms with Crippen LogP contribution < -0.4 is 15.0 Å². The number of hydrogen-bond acceptors (Lipinski definition) is 8. The minimum Gasteiger partial charge on any atom is -0.454 e. The average Bonchev–Trinajstić information content (AvgIpc) is 3.68. The number of fused-ring (bicyclic) bond motifs is 2. The summed E-state index contributed by atoms with van der Waals surface area (Å²) in [6.07, 6.45) is 2.94. The Labute approximate surface area is 220 Å². The van der Waals surface area contributed by atoms with Gasteiger partial charge in [-0.05, 0) is 77.9 Å². The van der Waals surface area contributed by atoms with Gasteiger partial charge in [0.25, 0.3) is 5.56 Å². The Kier molecular flexibility index (Phi) is 6.82. The molecule has 198 valence electrons. The molecule has 2 atom stereocenters. The molecule has 6 rings (SSSR count). The van der Waals surface area contributed by atoms with E-state index in [0.29, 0.717) is 25.2 Å². The molecule has 2 aliphatic rings. The molecule has 4 heterocycles. The molecule has 1 saturated heterocycles. The van der Waals surface area contributed by atoms with Crippen LogP contribution in [0.3, 0.4) is 0 Å². The predicted molar refractivity (Wildman–Crippen MR) is 141 cm³/mol. The van der Waals surface area contributed by atoms with Crippen molar-refractivity contribution in [1.82, 2.24) is 30.1 Å². The highest BCUT2D eigenvalue weighted by Crippen LogP contribution is 2.34. The van der Waals surface area contributed by atoms with E-state index in [9.17, 15) is 4.79 Å². The topological polar surface area (TPSA) is 107 Å². The largest absolute Gasteiger partial charge is 0.454 e. The van der Waals surface area contributed by atoms with Gasteiger partial charge in [0.05, 0.1) is 18.7 Å². The number of pyridine rings is 1. The van der Waals surface area contributed by atoms with Crippen molar-refractivity contribution in [3.05, 3.63) is 75.3 Å². The number of tetrazole rings is 1. The first-order chi connectivity index (χ1) is 18.6. The lowest BCUT2D eigenvalue weighted by atomic mass is 10.1. The molecule has 0 spiro atoms. The molecule has 0 bridgehead atoms. The van der Waals surface area contributed by atoms with Gasteiger partial charge in [-0.3, -0.25) is 9.69 Å². The standard InChI is InChI=1S/C28H32N6O4/c1-3-24(27-30-31-32-34(27)16-22-5-4-10-36-22)33(14-19-7-9-25-26(12-19)38-17-37-25)15-21-13-20-11-18(2)6-8-23(20)29-28(21)35/h6-9,11-13,22,24H,3-5,10,14-17H2,1-2H3,(H,29,35)/t22-,24-/m1/s1. The zero-order chi connectivity index (χ0) is 26.1. The number of nitrogens with zero attached hydrogens (tertiary/aromatic N) is 5. The Morgan fingerprint density at radius 1 is 1.13 bits per heavy atom. The normalized spacial score (nSPS) is 17.5. The van der Waals surface area contributed by atoms with Crippen LogP contribution in [0.15, 0.2) is 47.3 Å². The van der Waals surface area contributed by atoms with Crippen molar-refractivity contribution in [3.8, 4) is 11.5 Å². The van der Waals surface area contributed by atoms with E-state index in [2.05, 4.69) is 45.3 Å². The van der Waals surface area contributed by atoms with Gasteiger partial charge in [0.15, 0.2) is 17.3 Å². The first kappa shape index (κ1) is 24.6. The smallest absolute Gasteiger partial charge is 0.252 e. The van der Waals surface area contributed by atoms with Crippen molar-refractivity contribution >= 4 is 10.9 Å². The Bertz CT molecular complexity index is 1490. The van der Waals surface area contributed by atoms with Crippen LogP contribution in [0.5, 0.6) is 11.5 Å². The van der Waals surface area contributed by atoms with Gasteiger partial charge >= 0.3 is 0 Å².